The number of benzene rings is 1. The van der Waals surface area contributed by atoms with E-state index < -0.39 is 18.3 Å². The highest BCUT2D eigenvalue weighted by Gasteiger charge is 2.15. The summed E-state index contributed by atoms with van der Waals surface area (Å²) in [6.45, 7) is 1.30. The van der Waals surface area contributed by atoms with E-state index in [1.807, 2.05) is 0 Å². The average molecular weight is 268 g/mol. The molecule has 5 heteroatoms. The minimum Gasteiger partial charge on any atom is -0.375 e. The van der Waals surface area contributed by atoms with Crippen LogP contribution in [-0.2, 0) is 0 Å². The molecule has 1 aromatic carbocycles. The molecule has 0 radical (unpaired) electrons. The van der Waals surface area contributed by atoms with Crippen LogP contribution in [0, 0.1) is 5.82 Å². The molecule has 0 aromatic heterocycles. The standard InChI is InChI=1S/C9H9BrF3N/c1-5(9(12)13)14-8-3-2-6(10)4-7(8)11/h2-5,9,14H,1H3. The van der Waals surface area contributed by atoms with E-state index >= 15 is 0 Å². The fourth-order valence-electron chi connectivity index (χ4n) is 0.915. The lowest BCUT2D eigenvalue weighted by molar-refractivity contribution is 0.130. The summed E-state index contributed by atoms with van der Waals surface area (Å²) in [6.07, 6.45) is -2.52. The van der Waals surface area contributed by atoms with E-state index in [2.05, 4.69) is 21.2 Å². The molecular weight excluding hydrogens is 259 g/mol. The zero-order valence-corrected chi connectivity index (χ0v) is 8.98. The summed E-state index contributed by atoms with van der Waals surface area (Å²) in [5.41, 5.74) is 0.0843. The quantitative estimate of drug-likeness (QED) is 0.882. The van der Waals surface area contributed by atoms with Crippen molar-refractivity contribution >= 4 is 21.6 Å². The molecule has 14 heavy (non-hydrogen) atoms. The second-order valence-corrected chi connectivity index (χ2v) is 3.81. The Morgan fingerprint density at radius 2 is 2.00 bits per heavy atom. The first-order valence-corrected chi connectivity index (χ1v) is 4.79. The maximum absolute atomic E-state index is 13.1. The molecule has 0 bridgehead atoms. The third-order valence-corrected chi connectivity index (χ3v) is 2.19. The Labute approximate surface area is 88.4 Å². The molecule has 1 nitrogen and oxygen atoms in total. The molecule has 78 valence electrons. The molecule has 0 saturated heterocycles. The Morgan fingerprint density at radius 3 is 2.50 bits per heavy atom. The largest absolute Gasteiger partial charge is 0.375 e. The van der Waals surface area contributed by atoms with Crippen molar-refractivity contribution in [1.29, 1.82) is 0 Å². The second kappa shape index (κ2) is 4.68. The van der Waals surface area contributed by atoms with E-state index in [4.69, 9.17) is 0 Å². The number of rotatable bonds is 3. The van der Waals surface area contributed by atoms with Gasteiger partial charge in [-0.25, -0.2) is 13.2 Å². The summed E-state index contributed by atoms with van der Waals surface area (Å²) in [4.78, 5) is 0. The lowest BCUT2D eigenvalue weighted by Gasteiger charge is -2.14. The number of alkyl halides is 2. The molecular formula is C9H9BrF3N. The number of halogens is 4. The normalized spacial score (nSPS) is 13.0. The summed E-state index contributed by atoms with van der Waals surface area (Å²) >= 11 is 3.08. The molecule has 0 amide bonds. The number of nitrogens with one attached hydrogen (secondary N) is 1. The van der Waals surface area contributed by atoms with Crippen LogP contribution in [0.3, 0.4) is 0 Å². The van der Waals surface area contributed by atoms with Crippen LogP contribution in [0.25, 0.3) is 0 Å². The average Bonchev–Trinajstić information content (AvgIpc) is 2.09. The zero-order chi connectivity index (χ0) is 10.7. The van der Waals surface area contributed by atoms with Gasteiger partial charge in [0.05, 0.1) is 11.7 Å². The SMILES string of the molecule is CC(Nc1ccc(Br)cc1F)C(F)F. The molecule has 0 heterocycles. The maximum Gasteiger partial charge on any atom is 0.258 e. The number of hydrogen-bond donors (Lipinski definition) is 1. The van der Waals surface area contributed by atoms with Crippen LogP contribution in [-0.4, -0.2) is 12.5 Å². The second-order valence-electron chi connectivity index (χ2n) is 2.89. The maximum atomic E-state index is 13.1. The van der Waals surface area contributed by atoms with Crippen LogP contribution in [0.15, 0.2) is 22.7 Å². The van der Waals surface area contributed by atoms with Crippen LogP contribution in [0.1, 0.15) is 6.92 Å². The van der Waals surface area contributed by atoms with Gasteiger partial charge in [0.1, 0.15) is 5.82 Å². The monoisotopic (exact) mass is 267 g/mol. The van der Waals surface area contributed by atoms with Crippen LogP contribution in [0.4, 0.5) is 18.9 Å². The first kappa shape index (κ1) is 11.4. The van der Waals surface area contributed by atoms with Crippen LogP contribution < -0.4 is 5.32 Å². The van der Waals surface area contributed by atoms with Gasteiger partial charge < -0.3 is 5.32 Å². The van der Waals surface area contributed by atoms with Crippen molar-refractivity contribution in [3.05, 3.63) is 28.5 Å². The van der Waals surface area contributed by atoms with E-state index in [9.17, 15) is 13.2 Å². The van der Waals surface area contributed by atoms with Crippen LogP contribution >= 0.6 is 15.9 Å². The van der Waals surface area contributed by atoms with Crippen molar-refractivity contribution in [1.82, 2.24) is 0 Å². The molecule has 0 aliphatic carbocycles. The van der Waals surface area contributed by atoms with Crippen LogP contribution in [0.2, 0.25) is 0 Å². The fourth-order valence-corrected chi connectivity index (χ4v) is 1.25. The molecule has 0 saturated carbocycles. The minimum absolute atomic E-state index is 0.0843. The third-order valence-electron chi connectivity index (χ3n) is 1.69. The molecule has 1 aromatic rings. The van der Waals surface area contributed by atoms with Crippen molar-refractivity contribution in [2.75, 3.05) is 5.32 Å². The van der Waals surface area contributed by atoms with Gasteiger partial charge in [0.15, 0.2) is 0 Å². The summed E-state index contributed by atoms with van der Waals surface area (Å²) < 4.78 is 38.0. The molecule has 0 aliphatic rings. The molecule has 1 rings (SSSR count). The van der Waals surface area contributed by atoms with Crippen molar-refractivity contribution in [2.45, 2.75) is 19.4 Å². The first-order valence-electron chi connectivity index (χ1n) is 4.00. The van der Waals surface area contributed by atoms with E-state index in [0.29, 0.717) is 4.47 Å². The van der Waals surface area contributed by atoms with Gasteiger partial charge in [0.2, 0.25) is 0 Å². The highest BCUT2D eigenvalue weighted by molar-refractivity contribution is 9.10. The predicted molar refractivity (Wildman–Crippen MR) is 53.2 cm³/mol. The molecule has 0 aliphatic heterocycles. The Morgan fingerprint density at radius 1 is 1.36 bits per heavy atom. The highest BCUT2D eigenvalue weighted by atomic mass is 79.9. The van der Waals surface area contributed by atoms with Gasteiger partial charge in [-0.3, -0.25) is 0 Å². The Balaban J connectivity index is 2.77. The fraction of sp³-hybridized carbons (Fsp3) is 0.333. The summed E-state index contributed by atoms with van der Waals surface area (Å²) in [7, 11) is 0. The van der Waals surface area contributed by atoms with Crippen molar-refractivity contribution in [2.24, 2.45) is 0 Å². The number of anilines is 1. The molecule has 1 unspecified atom stereocenters. The lowest BCUT2D eigenvalue weighted by Crippen LogP contribution is -2.24. The van der Waals surface area contributed by atoms with Crippen molar-refractivity contribution in [3.8, 4) is 0 Å². The topological polar surface area (TPSA) is 12.0 Å². The third kappa shape index (κ3) is 2.90. The molecule has 0 spiro atoms. The highest BCUT2D eigenvalue weighted by Crippen LogP contribution is 2.20. The zero-order valence-electron chi connectivity index (χ0n) is 7.40. The Kier molecular flexibility index (Phi) is 3.80. The summed E-state index contributed by atoms with van der Waals surface area (Å²) in [6, 6.07) is 3.16. The van der Waals surface area contributed by atoms with Gasteiger partial charge in [-0.2, -0.15) is 0 Å². The summed E-state index contributed by atoms with van der Waals surface area (Å²) in [5, 5.41) is 2.39. The number of hydrogen-bond acceptors (Lipinski definition) is 1. The van der Waals surface area contributed by atoms with E-state index in [-0.39, 0.29) is 5.69 Å². The first-order chi connectivity index (χ1) is 6.50. The van der Waals surface area contributed by atoms with Crippen molar-refractivity contribution < 1.29 is 13.2 Å². The van der Waals surface area contributed by atoms with Gasteiger partial charge >= 0.3 is 0 Å². The van der Waals surface area contributed by atoms with E-state index in [1.165, 1.54) is 19.1 Å². The van der Waals surface area contributed by atoms with Gasteiger partial charge in [0, 0.05) is 4.47 Å². The van der Waals surface area contributed by atoms with Gasteiger partial charge in [0.25, 0.3) is 6.43 Å². The summed E-state index contributed by atoms with van der Waals surface area (Å²) in [5.74, 6) is -0.549. The lowest BCUT2D eigenvalue weighted by atomic mass is 10.2. The minimum atomic E-state index is -2.52. The molecule has 1 atom stereocenters. The predicted octanol–water partition coefficient (Wildman–Crippen LogP) is 3.65. The van der Waals surface area contributed by atoms with E-state index in [1.54, 1.807) is 6.07 Å². The Bertz CT molecular complexity index is 317. The molecule has 1 N–H and O–H groups in total. The smallest absolute Gasteiger partial charge is 0.258 e. The Hall–Kier alpha value is -0.710. The van der Waals surface area contributed by atoms with Gasteiger partial charge in [-0.15, -0.1) is 0 Å². The van der Waals surface area contributed by atoms with E-state index in [0.717, 1.165) is 0 Å². The van der Waals surface area contributed by atoms with Gasteiger partial charge in [-0.1, -0.05) is 15.9 Å². The molecule has 0 fully saturated rings. The van der Waals surface area contributed by atoms with Crippen molar-refractivity contribution in [3.63, 3.8) is 0 Å². The van der Waals surface area contributed by atoms with Crippen LogP contribution in [0.5, 0.6) is 0 Å². The van der Waals surface area contributed by atoms with Gasteiger partial charge in [-0.05, 0) is 25.1 Å².